The summed E-state index contributed by atoms with van der Waals surface area (Å²) in [6.45, 7) is 2.03. The minimum Gasteiger partial charge on any atom is -0.493 e. The number of anilines is 1. The summed E-state index contributed by atoms with van der Waals surface area (Å²) < 4.78 is 34.4. The second-order valence-electron chi connectivity index (χ2n) is 7.02. The summed E-state index contributed by atoms with van der Waals surface area (Å²) >= 11 is 0. The van der Waals surface area contributed by atoms with Crippen molar-refractivity contribution in [2.45, 2.75) is 39.3 Å². The number of ether oxygens (including phenoxy) is 2. The molecule has 1 amide bonds. The van der Waals surface area contributed by atoms with Crippen LogP contribution in [0.5, 0.6) is 11.5 Å². The Labute approximate surface area is 170 Å². The second-order valence-corrected chi connectivity index (χ2v) is 7.02. The number of carbonyl (C=O) groups excluding carboxylic acids is 1. The van der Waals surface area contributed by atoms with Gasteiger partial charge in [-0.15, -0.1) is 0 Å². The third-order valence-corrected chi connectivity index (χ3v) is 4.69. The molecule has 7 heteroatoms. The highest BCUT2D eigenvalue weighted by molar-refractivity contribution is 5.92. The molecule has 2 aromatic rings. The predicted octanol–water partition coefficient (Wildman–Crippen LogP) is 4.88. The van der Waals surface area contributed by atoms with Gasteiger partial charge in [-0.3, -0.25) is 9.69 Å². The van der Waals surface area contributed by atoms with Crippen molar-refractivity contribution in [2.75, 3.05) is 26.0 Å². The summed E-state index contributed by atoms with van der Waals surface area (Å²) in [6, 6.07) is 12.6. The first-order valence-electron chi connectivity index (χ1n) is 9.52. The number of halogens is 2. The quantitative estimate of drug-likeness (QED) is 0.611. The van der Waals surface area contributed by atoms with Crippen LogP contribution >= 0.6 is 0 Å². The number of hydrogen-bond donors (Lipinski definition) is 1. The minimum atomic E-state index is -2.92. The van der Waals surface area contributed by atoms with E-state index in [0.717, 1.165) is 17.7 Å². The zero-order valence-corrected chi connectivity index (χ0v) is 17.2. The number of methoxy groups -OCH3 is 1. The number of nitrogens with one attached hydrogen (secondary N) is 1. The van der Waals surface area contributed by atoms with Gasteiger partial charge in [0.15, 0.2) is 11.5 Å². The van der Waals surface area contributed by atoms with Crippen LogP contribution in [-0.2, 0) is 11.3 Å². The van der Waals surface area contributed by atoms with Crippen molar-refractivity contribution >= 4 is 11.6 Å². The summed E-state index contributed by atoms with van der Waals surface area (Å²) in [7, 11) is 3.20. The highest BCUT2D eigenvalue weighted by atomic mass is 19.3. The van der Waals surface area contributed by atoms with E-state index in [1.807, 2.05) is 36.2 Å². The predicted molar refractivity (Wildman–Crippen MR) is 110 cm³/mol. The van der Waals surface area contributed by atoms with Gasteiger partial charge in [-0.25, -0.2) is 0 Å². The molecule has 0 aliphatic rings. The van der Waals surface area contributed by atoms with Gasteiger partial charge in [-0.05, 0) is 54.8 Å². The van der Waals surface area contributed by atoms with Gasteiger partial charge in [0.1, 0.15) is 0 Å². The number of likely N-dealkylation sites (N-methyl/N-ethyl adjacent to an activating group) is 1. The molecule has 0 aliphatic heterocycles. The van der Waals surface area contributed by atoms with Crippen molar-refractivity contribution in [3.8, 4) is 11.5 Å². The zero-order valence-electron chi connectivity index (χ0n) is 17.2. The Hall–Kier alpha value is -2.67. The number of carbonyl (C=O) groups is 1. The van der Waals surface area contributed by atoms with E-state index in [2.05, 4.69) is 23.9 Å². The smallest absolute Gasteiger partial charge is 0.387 e. The molecule has 0 aliphatic carbocycles. The Kier molecular flexibility index (Phi) is 8.39. The Balaban J connectivity index is 1.91. The summed E-state index contributed by atoms with van der Waals surface area (Å²) in [4.78, 5) is 14.1. The molecule has 0 fully saturated rings. The van der Waals surface area contributed by atoms with Crippen LogP contribution in [0.1, 0.15) is 37.3 Å². The number of alkyl halides is 2. The van der Waals surface area contributed by atoms with Gasteiger partial charge in [-0.2, -0.15) is 8.78 Å². The molecule has 5 nitrogen and oxygen atoms in total. The summed E-state index contributed by atoms with van der Waals surface area (Å²) in [5.41, 5.74) is 2.82. The lowest BCUT2D eigenvalue weighted by atomic mass is 9.99. The lowest BCUT2D eigenvalue weighted by Crippen LogP contribution is -2.29. The van der Waals surface area contributed by atoms with Crippen LogP contribution in [0.2, 0.25) is 0 Å². The molecule has 0 heterocycles. The monoisotopic (exact) mass is 406 g/mol. The van der Waals surface area contributed by atoms with Gasteiger partial charge >= 0.3 is 6.61 Å². The van der Waals surface area contributed by atoms with Crippen LogP contribution in [0.15, 0.2) is 42.5 Å². The molecule has 0 saturated carbocycles. The first-order valence-corrected chi connectivity index (χ1v) is 9.52. The van der Waals surface area contributed by atoms with Crippen molar-refractivity contribution in [3.05, 3.63) is 53.6 Å². The average molecular weight is 406 g/mol. The van der Waals surface area contributed by atoms with Gasteiger partial charge in [0, 0.05) is 12.2 Å². The highest BCUT2D eigenvalue weighted by Crippen LogP contribution is 2.29. The topological polar surface area (TPSA) is 50.8 Å². The van der Waals surface area contributed by atoms with Crippen molar-refractivity contribution in [2.24, 2.45) is 0 Å². The molecule has 29 heavy (non-hydrogen) atoms. The number of hydrogen-bond acceptors (Lipinski definition) is 4. The molecule has 158 valence electrons. The second kappa shape index (κ2) is 10.8. The van der Waals surface area contributed by atoms with Gasteiger partial charge in [-0.1, -0.05) is 32.0 Å². The Morgan fingerprint density at radius 2 is 1.83 bits per heavy atom. The van der Waals surface area contributed by atoms with Gasteiger partial charge in [0.25, 0.3) is 0 Å². The summed E-state index contributed by atoms with van der Waals surface area (Å²) in [5.74, 6) is 0.559. The van der Waals surface area contributed by atoms with Crippen LogP contribution < -0.4 is 14.8 Å². The van der Waals surface area contributed by atoms with E-state index >= 15 is 0 Å². The van der Waals surface area contributed by atoms with Crippen molar-refractivity contribution in [3.63, 3.8) is 0 Å². The molecule has 2 rings (SSSR count). The fourth-order valence-electron chi connectivity index (χ4n) is 2.95. The molecule has 2 aromatic carbocycles. The maximum absolute atomic E-state index is 12.4. The summed E-state index contributed by atoms with van der Waals surface area (Å²) in [6.07, 6.45) is 1.07. The molecule has 1 unspecified atom stereocenters. The van der Waals surface area contributed by atoms with Crippen LogP contribution in [-0.4, -0.2) is 38.1 Å². The maximum Gasteiger partial charge on any atom is 0.387 e. The Morgan fingerprint density at radius 1 is 1.14 bits per heavy atom. The Morgan fingerprint density at radius 3 is 2.41 bits per heavy atom. The SMILES string of the molecule is CCC(C)c1ccc(NC(=O)CN(C)Cc2ccc(OC(F)F)c(OC)c2)cc1. The number of rotatable bonds is 10. The fourth-order valence-corrected chi connectivity index (χ4v) is 2.95. The summed E-state index contributed by atoms with van der Waals surface area (Å²) in [5, 5.41) is 2.89. The molecule has 0 spiro atoms. The maximum atomic E-state index is 12.4. The molecule has 0 bridgehead atoms. The molecule has 0 saturated heterocycles. The van der Waals surface area contributed by atoms with Crippen LogP contribution in [0.25, 0.3) is 0 Å². The largest absolute Gasteiger partial charge is 0.493 e. The van der Waals surface area contributed by atoms with Crippen molar-refractivity contribution in [1.29, 1.82) is 0 Å². The zero-order chi connectivity index (χ0) is 21.4. The van der Waals surface area contributed by atoms with Crippen molar-refractivity contribution < 1.29 is 23.0 Å². The number of benzene rings is 2. The highest BCUT2D eigenvalue weighted by Gasteiger charge is 2.13. The minimum absolute atomic E-state index is 0.0208. The normalized spacial score (nSPS) is 12.1. The average Bonchev–Trinajstić information content (AvgIpc) is 2.68. The molecular formula is C22H28F2N2O3. The molecular weight excluding hydrogens is 378 g/mol. The van der Waals surface area contributed by atoms with Crippen LogP contribution in [0.4, 0.5) is 14.5 Å². The van der Waals surface area contributed by atoms with Gasteiger partial charge in [0.2, 0.25) is 5.91 Å². The van der Waals surface area contributed by atoms with E-state index in [-0.39, 0.29) is 24.0 Å². The molecule has 1 atom stereocenters. The lowest BCUT2D eigenvalue weighted by Gasteiger charge is -2.18. The van der Waals surface area contributed by atoms with E-state index in [4.69, 9.17) is 4.74 Å². The third-order valence-electron chi connectivity index (χ3n) is 4.69. The first kappa shape index (κ1) is 22.6. The van der Waals surface area contributed by atoms with Crippen LogP contribution in [0.3, 0.4) is 0 Å². The van der Waals surface area contributed by atoms with Gasteiger partial charge in [0.05, 0.1) is 13.7 Å². The number of amides is 1. The molecule has 0 aromatic heterocycles. The van der Waals surface area contributed by atoms with Gasteiger partial charge < -0.3 is 14.8 Å². The van der Waals surface area contributed by atoms with Crippen LogP contribution in [0, 0.1) is 0 Å². The molecule has 1 N–H and O–H groups in total. The lowest BCUT2D eigenvalue weighted by molar-refractivity contribution is -0.117. The standard InChI is InChI=1S/C22H28F2N2O3/c1-5-15(2)17-7-9-18(10-8-17)25-21(27)14-26(3)13-16-6-11-19(29-22(23)24)20(12-16)28-4/h6-12,15,22H,5,13-14H2,1-4H3,(H,25,27). The van der Waals surface area contributed by atoms with E-state index in [1.54, 1.807) is 12.1 Å². The number of nitrogens with zero attached hydrogens (tertiary/aromatic N) is 1. The molecule has 0 radical (unpaired) electrons. The first-order chi connectivity index (χ1) is 13.8. The van der Waals surface area contributed by atoms with E-state index < -0.39 is 6.61 Å². The fraction of sp³-hybridized carbons (Fsp3) is 0.409. The van der Waals surface area contributed by atoms with E-state index in [0.29, 0.717) is 12.5 Å². The van der Waals surface area contributed by atoms with E-state index in [9.17, 15) is 13.6 Å². The third kappa shape index (κ3) is 7.02. The Bertz CT molecular complexity index is 797. The van der Waals surface area contributed by atoms with E-state index in [1.165, 1.54) is 18.7 Å². The van der Waals surface area contributed by atoms with Crippen molar-refractivity contribution in [1.82, 2.24) is 4.90 Å².